The van der Waals surface area contributed by atoms with Crippen molar-refractivity contribution in [3.05, 3.63) is 18.0 Å². The maximum Gasteiger partial charge on any atom is 0.215 e. The van der Waals surface area contributed by atoms with Crippen LogP contribution in [-0.2, 0) is 23.6 Å². The molecule has 0 unspecified atom stereocenters. The fourth-order valence-electron chi connectivity index (χ4n) is 2.53. The molecule has 2 heterocycles. The molecule has 8 nitrogen and oxygen atoms in total. The minimum atomic E-state index is -3.20. The molecule has 0 atom stereocenters. The van der Waals surface area contributed by atoms with Gasteiger partial charge in [0.15, 0.2) is 5.96 Å². The van der Waals surface area contributed by atoms with E-state index < -0.39 is 10.0 Å². The van der Waals surface area contributed by atoms with Crippen LogP contribution in [0.15, 0.2) is 17.4 Å². The monoisotopic (exact) mass is 374 g/mol. The molecule has 1 N–H and O–H groups in total. The lowest BCUT2D eigenvalue weighted by Gasteiger charge is -2.26. The fraction of sp³-hybridized carbons (Fsp3) is 0.714. The molecule has 1 aromatic rings. The summed E-state index contributed by atoms with van der Waals surface area (Å²) >= 11 is 1.80. The van der Waals surface area contributed by atoms with Crippen LogP contribution in [0.3, 0.4) is 0 Å². The van der Waals surface area contributed by atoms with Crippen molar-refractivity contribution < 1.29 is 8.42 Å². The Bertz CT molecular complexity index is 652. The van der Waals surface area contributed by atoms with Crippen molar-refractivity contribution in [1.29, 1.82) is 0 Å². The number of nitrogens with zero attached hydrogens (tertiary/aromatic N) is 5. The molecule has 0 saturated carbocycles. The number of aliphatic imine (C=N–C) groups is 1. The van der Waals surface area contributed by atoms with E-state index in [0.29, 0.717) is 32.1 Å². The number of rotatable bonds is 6. The zero-order valence-electron chi connectivity index (χ0n) is 14.5. The summed E-state index contributed by atoms with van der Waals surface area (Å²) in [5.74, 6) is 2.50. The normalized spacial score (nSPS) is 17.0. The van der Waals surface area contributed by atoms with Gasteiger partial charge in [0.1, 0.15) is 0 Å². The van der Waals surface area contributed by atoms with E-state index in [1.54, 1.807) is 27.8 Å². The van der Waals surface area contributed by atoms with Crippen molar-refractivity contribution in [2.75, 3.05) is 51.0 Å². The summed E-state index contributed by atoms with van der Waals surface area (Å²) in [6.07, 6.45) is 3.76. The molecule has 1 saturated heterocycles. The molecule has 24 heavy (non-hydrogen) atoms. The van der Waals surface area contributed by atoms with Gasteiger partial charge in [0.25, 0.3) is 0 Å². The van der Waals surface area contributed by atoms with Gasteiger partial charge in [0.2, 0.25) is 10.0 Å². The average molecular weight is 375 g/mol. The highest BCUT2D eigenvalue weighted by Gasteiger charge is 2.23. The van der Waals surface area contributed by atoms with Crippen LogP contribution in [0.5, 0.6) is 0 Å². The van der Waals surface area contributed by atoms with E-state index in [-0.39, 0.29) is 5.75 Å². The molecule has 0 amide bonds. The van der Waals surface area contributed by atoms with E-state index >= 15 is 0 Å². The first kappa shape index (κ1) is 19.1. The maximum absolute atomic E-state index is 12.3. The van der Waals surface area contributed by atoms with Gasteiger partial charge < -0.3 is 10.2 Å². The highest BCUT2D eigenvalue weighted by molar-refractivity contribution is 7.99. The van der Waals surface area contributed by atoms with Crippen molar-refractivity contribution in [1.82, 2.24) is 24.3 Å². The Balaban J connectivity index is 1.82. The Labute approximate surface area is 148 Å². The summed E-state index contributed by atoms with van der Waals surface area (Å²) in [6, 6.07) is 0. The van der Waals surface area contributed by atoms with E-state index in [4.69, 9.17) is 0 Å². The lowest BCUT2D eigenvalue weighted by atomic mass is 10.3. The largest absolute Gasteiger partial charge is 0.355 e. The van der Waals surface area contributed by atoms with Gasteiger partial charge in [-0.3, -0.25) is 9.67 Å². The molecule has 2 rings (SSSR count). The van der Waals surface area contributed by atoms with Crippen LogP contribution in [-0.4, -0.2) is 84.4 Å². The molecule has 0 radical (unpaired) electrons. The Morgan fingerprint density at radius 1 is 1.46 bits per heavy atom. The number of aromatic nitrogens is 2. The first-order valence-electron chi connectivity index (χ1n) is 7.87. The molecule has 0 aliphatic carbocycles. The molecule has 10 heteroatoms. The lowest BCUT2D eigenvalue weighted by Crippen LogP contribution is -2.44. The van der Waals surface area contributed by atoms with E-state index in [2.05, 4.69) is 15.4 Å². The minimum Gasteiger partial charge on any atom is -0.355 e. The van der Waals surface area contributed by atoms with Gasteiger partial charge in [-0.25, -0.2) is 12.7 Å². The van der Waals surface area contributed by atoms with Crippen LogP contribution < -0.4 is 5.32 Å². The molecule has 136 valence electrons. The highest BCUT2D eigenvalue weighted by Crippen LogP contribution is 2.13. The predicted octanol–water partition coefficient (Wildman–Crippen LogP) is -0.194. The zero-order valence-corrected chi connectivity index (χ0v) is 16.1. The SMILES string of the molecule is CN=C(NCCS(=O)(=O)N1CCSCC1)N(C)Cc1cnn(C)c1. The topological polar surface area (TPSA) is 82.8 Å². The number of hydrogen-bond acceptors (Lipinski definition) is 5. The van der Waals surface area contributed by atoms with Crippen molar-refractivity contribution >= 4 is 27.7 Å². The standard InChI is InChI=1S/C14H26N6O2S2/c1-15-14(18(2)11-13-10-17-19(3)12-13)16-4-9-24(21,22)20-5-7-23-8-6-20/h10,12H,4-9,11H2,1-3H3,(H,15,16). The minimum absolute atomic E-state index is 0.0808. The molecule has 1 fully saturated rings. The molecule has 1 aliphatic heterocycles. The highest BCUT2D eigenvalue weighted by atomic mass is 32.2. The molecule has 0 bridgehead atoms. The summed E-state index contributed by atoms with van der Waals surface area (Å²) in [4.78, 5) is 6.16. The van der Waals surface area contributed by atoms with Gasteiger partial charge in [0.05, 0.1) is 11.9 Å². The number of nitrogens with one attached hydrogen (secondary N) is 1. The smallest absolute Gasteiger partial charge is 0.215 e. The van der Waals surface area contributed by atoms with Gasteiger partial charge >= 0.3 is 0 Å². The first-order valence-corrected chi connectivity index (χ1v) is 10.6. The summed E-state index contributed by atoms with van der Waals surface area (Å²) < 4.78 is 28.0. The summed E-state index contributed by atoms with van der Waals surface area (Å²) in [7, 11) is 2.29. The Hall–Kier alpha value is -1.26. The summed E-state index contributed by atoms with van der Waals surface area (Å²) in [6.45, 7) is 2.23. The van der Waals surface area contributed by atoms with Crippen molar-refractivity contribution in [3.8, 4) is 0 Å². The first-order chi connectivity index (χ1) is 11.4. The second-order valence-electron chi connectivity index (χ2n) is 5.68. The van der Waals surface area contributed by atoms with E-state index in [9.17, 15) is 8.42 Å². The molecule has 1 aromatic heterocycles. The second-order valence-corrected chi connectivity index (χ2v) is 8.99. The zero-order chi connectivity index (χ0) is 17.6. The van der Waals surface area contributed by atoms with Crippen molar-refractivity contribution in [2.45, 2.75) is 6.54 Å². The van der Waals surface area contributed by atoms with E-state index in [1.165, 1.54) is 0 Å². The lowest BCUT2D eigenvalue weighted by molar-refractivity contribution is 0.442. The van der Waals surface area contributed by atoms with Crippen LogP contribution in [0.4, 0.5) is 0 Å². The predicted molar refractivity (Wildman–Crippen MR) is 98.7 cm³/mol. The third kappa shape index (κ3) is 5.38. The third-order valence-corrected chi connectivity index (χ3v) is 6.57. The summed E-state index contributed by atoms with van der Waals surface area (Å²) in [5, 5.41) is 7.27. The molecule has 1 aliphatic rings. The fourth-order valence-corrected chi connectivity index (χ4v) is 5.02. The maximum atomic E-state index is 12.3. The van der Waals surface area contributed by atoms with Crippen molar-refractivity contribution in [2.24, 2.45) is 12.0 Å². The van der Waals surface area contributed by atoms with Crippen LogP contribution in [0, 0.1) is 0 Å². The number of guanidine groups is 1. The average Bonchev–Trinajstić information content (AvgIpc) is 2.97. The van der Waals surface area contributed by atoms with E-state index in [0.717, 1.165) is 17.1 Å². The van der Waals surface area contributed by atoms with Crippen LogP contribution in [0.1, 0.15) is 5.56 Å². The summed E-state index contributed by atoms with van der Waals surface area (Å²) in [5.41, 5.74) is 1.07. The number of sulfonamides is 1. The van der Waals surface area contributed by atoms with Gasteiger partial charge in [-0.05, 0) is 0 Å². The van der Waals surface area contributed by atoms with Crippen LogP contribution in [0.2, 0.25) is 0 Å². The quantitative estimate of drug-likeness (QED) is 0.549. The third-order valence-electron chi connectivity index (χ3n) is 3.76. The molecule has 0 spiro atoms. The van der Waals surface area contributed by atoms with E-state index in [1.807, 2.05) is 31.4 Å². The Kier molecular flexibility index (Phi) is 6.93. The number of aryl methyl sites for hydroxylation is 1. The van der Waals surface area contributed by atoms with Gasteiger partial charge in [0, 0.05) is 70.6 Å². The van der Waals surface area contributed by atoms with Crippen LogP contribution in [0.25, 0.3) is 0 Å². The number of hydrogen-bond donors (Lipinski definition) is 1. The van der Waals surface area contributed by atoms with Crippen molar-refractivity contribution in [3.63, 3.8) is 0 Å². The molecule has 0 aromatic carbocycles. The molecular weight excluding hydrogens is 348 g/mol. The number of thioether (sulfide) groups is 1. The van der Waals surface area contributed by atoms with Gasteiger partial charge in [-0.15, -0.1) is 0 Å². The molecular formula is C14H26N6O2S2. The van der Waals surface area contributed by atoms with Gasteiger partial charge in [-0.2, -0.15) is 16.9 Å². The van der Waals surface area contributed by atoms with Crippen LogP contribution >= 0.6 is 11.8 Å². The Morgan fingerprint density at radius 2 is 2.17 bits per heavy atom. The van der Waals surface area contributed by atoms with Gasteiger partial charge in [-0.1, -0.05) is 0 Å². The Morgan fingerprint density at radius 3 is 2.75 bits per heavy atom. The second kappa shape index (κ2) is 8.72.